The second-order valence-electron chi connectivity index (χ2n) is 6.72. The summed E-state index contributed by atoms with van der Waals surface area (Å²) in [6.07, 6.45) is -5.03. The summed E-state index contributed by atoms with van der Waals surface area (Å²) in [5.41, 5.74) is 2.02. The van der Waals surface area contributed by atoms with Gasteiger partial charge < -0.3 is 4.74 Å². The molecule has 0 aromatic heterocycles. The lowest BCUT2D eigenvalue weighted by Gasteiger charge is -2.28. The topological polar surface area (TPSA) is 26.3 Å². The first-order valence-corrected chi connectivity index (χ1v) is 9.74. The highest BCUT2D eigenvalue weighted by atomic mass is 32.2. The molecule has 0 aliphatic heterocycles. The van der Waals surface area contributed by atoms with Crippen LogP contribution < -0.4 is 0 Å². The van der Waals surface area contributed by atoms with Crippen molar-refractivity contribution in [1.82, 2.24) is 0 Å². The van der Waals surface area contributed by atoms with Crippen molar-refractivity contribution in [3.63, 3.8) is 0 Å². The molecule has 2 atom stereocenters. The number of benzene rings is 2. The first-order chi connectivity index (χ1) is 13.2. The van der Waals surface area contributed by atoms with Gasteiger partial charge in [0.25, 0.3) is 0 Å². The number of ether oxygens (including phenoxy) is 1. The van der Waals surface area contributed by atoms with Crippen molar-refractivity contribution in [2.45, 2.75) is 49.6 Å². The van der Waals surface area contributed by atoms with Crippen molar-refractivity contribution in [1.29, 1.82) is 0 Å². The van der Waals surface area contributed by atoms with Crippen molar-refractivity contribution in [2.24, 2.45) is 0 Å². The van der Waals surface area contributed by atoms with Crippen LogP contribution in [0.2, 0.25) is 0 Å². The highest BCUT2D eigenvalue weighted by Crippen LogP contribution is 2.37. The van der Waals surface area contributed by atoms with E-state index in [0.717, 1.165) is 22.9 Å². The molecule has 0 bridgehead atoms. The second kappa shape index (κ2) is 9.82. The molecule has 0 amide bonds. The molecule has 0 heterocycles. The van der Waals surface area contributed by atoms with Gasteiger partial charge in [-0.25, -0.2) is 4.79 Å². The predicted molar refractivity (Wildman–Crippen MR) is 107 cm³/mol. The van der Waals surface area contributed by atoms with Gasteiger partial charge in [-0.15, -0.1) is 11.8 Å². The maximum absolute atomic E-state index is 13.8. The van der Waals surface area contributed by atoms with Crippen LogP contribution in [0.15, 0.2) is 71.1 Å². The van der Waals surface area contributed by atoms with E-state index in [-0.39, 0.29) is 12.0 Å². The third-order valence-corrected chi connectivity index (χ3v) is 5.26. The molecule has 0 aliphatic rings. The minimum absolute atomic E-state index is 0.0954. The van der Waals surface area contributed by atoms with E-state index in [1.54, 1.807) is 36.4 Å². The Labute approximate surface area is 167 Å². The highest BCUT2D eigenvalue weighted by Gasteiger charge is 2.48. The molecule has 0 radical (unpaired) electrons. The van der Waals surface area contributed by atoms with Crippen molar-refractivity contribution in [3.05, 3.63) is 77.4 Å². The van der Waals surface area contributed by atoms with E-state index >= 15 is 0 Å². The summed E-state index contributed by atoms with van der Waals surface area (Å²) in [5, 5.41) is -0.995. The molecule has 0 saturated heterocycles. The van der Waals surface area contributed by atoms with Crippen LogP contribution in [0.4, 0.5) is 13.2 Å². The Morgan fingerprint density at radius 2 is 1.68 bits per heavy atom. The van der Waals surface area contributed by atoms with Crippen molar-refractivity contribution < 1.29 is 22.7 Å². The Hall–Kier alpha value is -2.21. The molecule has 6 heteroatoms. The molecule has 2 aromatic rings. The lowest BCUT2D eigenvalue weighted by atomic mass is 10.1. The van der Waals surface area contributed by atoms with Gasteiger partial charge in [0.05, 0.1) is 10.8 Å². The molecular weight excluding hydrogens is 385 g/mol. The van der Waals surface area contributed by atoms with Gasteiger partial charge in [-0.1, -0.05) is 47.5 Å². The van der Waals surface area contributed by atoms with Gasteiger partial charge in [0.2, 0.25) is 6.10 Å². The summed E-state index contributed by atoms with van der Waals surface area (Å²) in [6, 6.07) is 15.0. The van der Waals surface area contributed by atoms with Gasteiger partial charge in [-0.05, 0) is 51.5 Å². The monoisotopic (exact) mass is 408 g/mol. The standard InChI is InChI=1S/C22H23F3O2S/c1-15(2)9-14-19(28-18-12-10-16(3)11-13-18)20(22(23,24)25)27-21(26)17-7-5-4-6-8-17/h4-13,19-20H,14H2,1-3H3/t19-,20-/m0/s1. The lowest BCUT2D eigenvalue weighted by Crippen LogP contribution is -2.42. The van der Waals surface area contributed by atoms with Gasteiger partial charge in [-0.2, -0.15) is 13.2 Å². The fourth-order valence-corrected chi connectivity index (χ4v) is 3.66. The van der Waals surface area contributed by atoms with Crippen LogP contribution in [-0.4, -0.2) is 23.5 Å². The Kier molecular flexibility index (Phi) is 7.75. The molecule has 2 rings (SSSR count). The number of esters is 1. The van der Waals surface area contributed by atoms with Gasteiger partial charge in [-0.3, -0.25) is 0 Å². The largest absolute Gasteiger partial charge is 0.448 e. The number of carbonyl (C=O) groups excluding carboxylic acids is 1. The number of alkyl halides is 3. The number of allylic oxidation sites excluding steroid dienone is 2. The van der Waals surface area contributed by atoms with E-state index in [0.29, 0.717) is 4.90 Å². The number of hydrogen-bond acceptors (Lipinski definition) is 3. The molecule has 0 fully saturated rings. The predicted octanol–water partition coefficient (Wildman–Crippen LogP) is 6.60. The zero-order valence-electron chi connectivity index (χ0n) is 16.0. The van der Waals surface area contributed by atoms with Gasteiger partial charge in [0.1, 0.15) is 0 Å². The van der Waals surface area contributed by atoms with Crippen LogP contribution >= 0.6 is 11.8 Å². The van der Waals surface area contributed by atoms with E-state index in [4.69, 9.17) is 4.74 Å². The second-order valence-corrected chi connectivity index (χ2v) is 8.03. The number of carbonyl (C=O) groups is 1. The maximum atomic E-state index is 13.8. The van der Waals surface area contributed by atoms with Crippen molar-refractivity contribution in [2.75, 3.05) is 0 Å². The quantitative estimate of drug-likeness (QED) is 0.293. The van der Waals surface area contributed by atoms with E-state index in [1.807, 2.05) is 32.9 Å². The van der Waals surface area contributed by atoms with Crippen LogP contribution in [0.25, 0.3) is 0 Å². The third kappa shape index (κ3) is 6.75. The summed E-state index contributed by atoms with van der Waals surface area (Å²) < 4.78 is 46.5. The van der Waals surface area contributed by atoms with Crippen LogP contribution in [0.5, 0.6) is 0 Å². The van der Waals surface area contributed by atoms with E-state index in [2.05, 4.69) is 0 Å². The van der Waals surface area contributed by atoms with Crippen LogP contribution in [0.1, 0.15) is 36.2 Å². The molecule has 2 nitrogen and oxygen atoms in total. The third-order valence-electron chi connectivity index (χ3n) is 3.97. The number of aryl methyl sites for hydroxylation is 1. The number of thioether (sulfide) groups is 1. The fraction of sp³-hybridized carbons (Fsp3) is 0.318. The van der Waals surface area contributed by atoms with Crippen molar-refractivity contribution >= 4 is 17.7 Å². The van der Waals surface area contributed by atoms with Gasteiger partial charge >= 0.3 is 12.1 Å². The minimum Gasteiger partial charge on any atom is -0.448 e. The average Bonchev–Trinajstić information content (AvgIpc) is 2.64. The van der Waals surface area contributed by atoms with E-state index in [1.165, 1.54) is 12.1 Å². The van der Waals surface area contributed by atoms with Gasteiger partial charge in [0, 0.05) is 4.90 Å². The smallest absolute Gasteiger partial charge is 0.426 e. The first kappa shape index (κ1) is 22.1. The van der Waals surface area contributed by atoms with Crippen LogP contribution in [0.3, 0.4) is 0 Å². The first-order valence-electron chi connectivity index (χ1n) is 8.86. The minimum atomic E-state index is -4.68. The summed E-state index contributed by atoms with van der Waals surface area (Å²) in [6.45, 7) is 5.56. The average molecular weight is 408 g/mol. The molecule has 0 aliphatic carbocycles. The van der Waals surface area contributed by atoms with Crippen LogP contribution in [-0.2, 0) is 4.74 Å². The maximum Gasteiger partial charge on any atom is 0.426 e. The SMILES string of the molecule is CC(C)=CC[C@H](Sc1ccc(C)cc1)[C@H](OC(=O)c1ccccc1)C(F)(F)F. The number of hydrogen-bond donors (Lipinski definition) is 0. The molecule has 0 N–H and O–H groups in total. The zero-order chi connectivity index (χ0) is 20.7. The summed E-state index contributed by atoms with van der Waals surface area (Å²) in [7, 11) is 0. The Balaban J connectivity index is 2.30. The number of halogens is 3. The van der Waals surface area contributed by atoms with E-state index in [9.17, 15) is 18.0 Å². The summed E-state index contributed by atoms with van der Waals surface area (Å²) in [5.74, 6) is -0.977. The highest BCUT2D eigenvalue weighted by molar-refractivity contribution is 8.00. The normalized spacial score (nSPS) is 13.5. The zero-order valence-corrected chi connectivity index (χ0v) is 16.8. The van der Waals surface area contributed by atoms with Crippen LogP contribution in [0, 0.1) is 6.92 Å². The molecule has 28 heavy (non-hydrogen) atoms. The summed E-state index contributed by atoms with van der Waals surface area (Å²) >= 11 is 1.07. The Morgan fingerprint density at radius 1 is 1.07 bits per heavy atom. The Morgan fingerprint density at radius 3 is 2.21 bits per heavy atom. The molecule has 150 valence electrons. The molecular formula is C22H23F3O2S. The number of rotatable bonds is 7. The fourth-order valence-electron chi connectivity index (χ4n) is 2.49. The molecule has 0 unspecified atom stereocenters. The summed E-state index contributed by atoms with van der Waals surface area (Å²) in [4.78, 5) is 13.0. The molecule has 0 spiro atoms. The molecule has 2 aromatic carbocycles. The van der Waals surface area contributed by atoms with E-state index < -0.39 is 23.5 Å². The van der Waals surface area contributed by atoms with Gasteiger partial charge in [0.15, 0.2) is 0 Å². The Bertz CT molecular complexity index is 795. The molecule has 0 saturated carbocycles. The lowest BCUT2D eigenvalue weighted by molar-refractivity contribution is -0.203. The van der Waals surface area contributed by atoms with Crippen molar-refractivity contribution in [3.8, 4) is 0 Å².